The van der Waals surface area contributed by atoms with Crippen LogP contribution < -0.4 is 10.1 Å². The van der Waals surface area contributed by atoms with Crippen LogP contribution in [-0.4, -0.2) is 46.3 Å². The van der Waals surface area contributed by atoms with Crippen LogP contribution in [0.25, 0.3) is 0 Å². The van der Waals surface area contributed by atoms with Gasteiger partial charge in [-0.3, -0.25) is 19.5 Å². The SMILES string of the molecule is COc1ccc(C2(C)NC(=O)N(CC(=O)N(Cc3cccnc3)Cc3ccccc3C)C2=O)cc1. The molecule has 0 bridgehead atoms. The third-order valence-electron chi connectivity index (χ3n) is 6.31. The summed E-state index contributed by atoms with van der Waals surface area (Å²) in [6, 6.07) is 17.8. The van der Waals surface area contributed by atoms with Crippen molar-refractivity contribution in [2.75, 3.05) is 13.7 Å². The highest BCUT2D eigenvalue weighted by molar-refractivity contribution is 6.09. The monoisotopic (exact) mass is 472 g/mol. The first-order valence-corrected chi connectivity index (χ1v) is 11.3. The zero-order chi connectivity index (χ0) is 25.0. The van der Waals surface area contributed by atoms with E-state index in [-0.39, 0.29) is 12.5 Å². The Labute approximate surface area is 204 Å². The Kier molecular flexibility index (Phi) is 6.82. The first kappa shape index (κ1) is 23.9. The molecule has 4 amide bonds. The van der Waals surface area contributed by atoms with Crippen molar-refractivity contribution in [3.8, 4) is 5.75 Å². The van der Waals surface area contributed by atoms with Crippen LogP contribution in [-0.2, 0) is 28.2 Å². The van der Waals surface area contributed by atoms with Gasteiger partial charge in [0.05, 0.1) is 7.11 Å². The molecule has 1 saturated heterocycles. The molecule has 0 radical (unpaired) electrons. The number of benzene rings is 2. The smallest absolute Gasteiger partial charge is 0.325 e. The normalized spacial score (nSPS) is 17.3. The van der Waals surface area contributed by atoms with Gasteiger partial charge in [-0.05, 0) is 54.3 Å². The lowest BCUT2D eigenvalue weighted by molar-refractivity contribution is -0.139. The number of nitrogens with zero attached hydrogens (tertiary/aromatic N) is 3. The van der Waals surface area contributed by atoms with Crippen molar-refractivity contribution in [1.29, 1.82) is 0 Å². The van der Waals surface area contributed by atoms with Crippen LogP contribution in [0.5, 0.6) is 5.75 Å². The number of carbonyl (C=O) groups is 3. The van der Waals surface area contributed by atoms with Gasteiger partial charge in [-0.25, -0.2) is 4.79 Å². The fraction of sp³-hybridized carbons (Fsp3) is 0.259. The molecule has 1 fully saturated rings. The largest absolute Gasteiger partial charge is 0.497 e. The number of amides is 4. The molecule has 1 aliphatic rings. The number of nitrogens with one attached hydrogen (secondary N) is 1. The van der Waals surface area contributed by atoms with Crippen molar-refractivity contribution >= 4 is 17.8 Å². The maximum atomic E-state index is 13.5. The fourth-order valence-electron chi connectivity index (χ4n) is 4.13. The number of ether oxygens (including phenoxy) is 1. The van der Waals surface area contributed by atoms with Crippen LogP contribution in [0, 0.1) is 6.92 Å². The van der Waals surface area contributed by atoms with Crippen LogP contribution >= 0.6 is 0 Å². The summed E-state index contributed by atoms with van der Waals surface area (Å²) in [6.07, 6.45) is 3.37. The predicted molar refractivity (Wildman–Crippen MR) is 130 cm³/mol. The summed E-state index contributed by atoms with van der Waals surface area (Å²) in [6.45, 7) is 3.92. The zero-order valence-corrected chi connectivity index (χ0v) is 20.0. The molecule has 0 spiro atoms. The molecule has 1 unspecified atom stereocenters. The molecule has 8 heteroatoms. The lowest BCUT2D eigenvalue weighted by atomic mass is 9.92. The number of methoxy groups -OCH3 is 1. The quantitative estimate of drug-likeness (QED) is 0.508. The lowest BCUT2D eigenvalue weighted by Gasteiger charge is -2.26. The standard InChI is InChI=1S/C27H28N4O4/c1-19-7-4-5-9-21(19)17-30(16-20-8-6-14-28-15-20)24(32)18-31-25(33)27(2,29-26(31)34)22-10-12-23(35-3)13-11-22/h4-15H,16-18H2,1-3H3,(H,29,34). The maximum absolute atomic E-state index is 13.5. The molecule has 4 rings (SSSR count). The van der Waals surface area contributed by atoms with Crippen molar-refractivity contribution in [3.63, 3.8) is 0 Å². The van der Waals surface area contributed by atoms with Gasteiger partial charge >= 0.3 is 6.03 Å². The average Bonchev–Trinajstić information content (AvgIpc) is 3.09. The van der Waals surface area contributed by atoms with E-state index in [4.69, 9.17) is 4.74 Å². The third kappa shape index (κ3) is 5.01. The van der Waals surface area contributed by atoms with Gasteiger partial charge in [0.25, 0.3) is 5.91 Å². The van der Waals surface area contributed by atoms with Crippen LogP contribution in [0.1, 0.15) is 29.2 Å². The second-order valence-electron chi connectivity index (χ2n) is 8.71. The number of pyridine rings is 1. The van der Waals surface area contributed by atoms with E-state index in [1.54, 1.807) is 55.6 Å². The number of aryl methyl sites for hydroxylation is 1. The molecule has 0 saturated carbocycles. The number of imide groups is 1. The molecule has 180 valence electrons. The molecule has 8 nitrogen and oxygen atoms in total. The third-order valence-corrected chi connectivity index (χ3v) is 6.31. The van der Waals surface area contributed by atoms with Crippen molar-refractivity contribution < 1.29 is 19.1 Å². The molecule has 0 aliphatic carbocycles. The van der Waals surface area contributed by atoms with Gasteiger partial charge in [-0.15, -0.1) is 0 Å². The molecule has 3 aromatic rings. The zero-order valence-electron chi connectivity index (χ0n) is 20.0. The molecular formula is C27H28N4O4. The van der Waals surface area contributed by atoms with Gasteiger partial charge < -0.3 is 15.0 Å². The van der Waals surface area contributed by atoms with Crippen LogP contribution in [0.15, 0.2) is 73.1 Å². The number of hydrogen-bond donors (Lipinski definition) is 1. The van der Waals surface area contributed by atoms with E-state index in [9.17, 15) is 14.4 Å². The number of urea groups is 1. The number of hydrogen-bond acceptors (Lipinski definition) is 5. The van der Waals surface area contributed by atoms with Crippen molar-refractivity contribution in [2.24, 2.45) is 0 Å². The topological polar surface area (TPSA) is 91.8 Å². The van der Waals surface area contributed by atoms with E-state index in [2.05, 4.69) is 10.3 Å². The van der Waals surface area contributed by atoms with Crippen molar-refractivity contribution in [1.82, 2.24) is 20.1 Å². The molecule has 2 aromatic carbocycles. The Bertz CT molecular complexity index is 1230. The molecule has 1 N–H and O–H groups in total. The Balaban J connectivity index is 1.55. The number of carbonyl (C=O) groups excluding carboxylic acids is 3. The minimum atomic E-state index is -1.27. The van der Waals surface area contributed by atoms with Crippen LogP contribution in [0.4, 0.5) is 4.79 Å². The average molecular weight is 473 g/mol. The minimum Gasteiger partial charge on any atom is -0.497 e. The second-order valence-corrected chi connectivity index (χ2v) is 8.71. The van der Waals surface area contributed by atoms with Gasteiger partial charge in [-0.2, -0.15) is 0 Å². The highest BCUT2D eigenvalue weighted by atomic mass is 16.5. The van der Waals surface area contributed by atoms with Gasteiger partial charge in [0.15, 0.2) is 0 Å². The first-order chi connectivity index (χ1) is 16.8. The fourth-order valence-corrected chi connectivity index (χ4v) is 4.13. The molecule has 1 aliphatic heterocycles. The maximum Gasteiger partial charge on any atom is 0.325 e. The van der Waals surface area contributed by atoms with Gasteiger partial charge in [0.1, 0.15) is 17.8 Å². The van der Waals surface area contributed by atoms with E-state index in [0.29, 0.717) is 24.4 Å². The van der Waals surface area contributed by atoms with Crippen LogP contribution in [0.2, 0.25) is 0 Å². The highest BCUT2D eigenvalue weighted by Crippen LogP contribution is 2.30. The van der Waals surface area contributed by atoms with E-state index in [1.807, 2.05) is 43.3 Å². The molecule has 1 aromatic heterocycles. The minimum absolute atomic E-state index is 0.306. The summed E-state index contributed by atoms with van der Waals surface area (Å²) in [7, 11) is 1.56. The predicted octanol–water partition coefficient (Wildman–Crippen LogP) is 3.39. The summed E-state index contributed by atoms with van der Waals surface area (Å²) in [4.78, 5) is 46.4. The van der Waals surface area contributed by atoms with Crippen molar-refractivity contribution in [3.05, 3.63) is 95.3 Å². The van der Waals surface area contributed by atoms with Gasteiger partial charge in [0.2, 0.25) is 5.91 Å². The van der Waals surface area contributed by atoms with Crippen molar-refractivity contribution in [2.45, 2.75) is 32.5 Å². The summed E-state index contributed by atoms with van der Waals surface area (Å²) in [5.74, 6) is -0.166. The summed E-state index contributed by atoms with van der Waals surface area (Å²) in [5.41, 5.74) is 2.24. The summed E-state index contributed by atoms with van der Waals surface area (Å²) >= 11 is 0. The van der Waals surface area contributed by atoms with Gasteiger partial charge in [-0.1, -0.05) is 42.5 Å². The Morgan fingerprint density at radius 2 is 1.80 bits per heavy atom. The second kappa shape index (κ2) is 9.97. The van der Waals surface area contributed by atoms with E-state index in [1.165, 1.54) is 0 Å². The first-order valence-electron chi connectivity index (χ1n) is 11.3. The van der Waals surface area contributed by atoms with Gasteiger partial charge in [0, 0.05) is 25.5 Å². The number of aromatic nitrogens is 1. The Morgan fingerprint density at radius 1 is 1.06 bits per heavy atom. The molecule has 2 heterocycles. The van der Waals surface area contributed by atoms with E-state index < -0.39 is 17.5 Å². The van der Waals surface area contributed by atoms with Crippen LogP contribution in [0.3, 0.4) is 0 Å². The molecule has 1 atom stereocenters. The Hall–Kier alpha value is -4.20. The number of rotatable bonds is 8. The summed E-state index contributed by atoms with van der Waals surface area (Å²) in [5, 5.41) is 2.75. The van der Waals surface area contributed by atoms with E-state index in [0.717, 1.165) is 21.6 Å². The molecule has 35 heavy (non-hydrogen) atoms. The summed E-state index contributed by atoms with van der Waals surface area (Å²) < 4.78 is 5.18. The lowest BCUT2D eigenvalue weighted by Crippen LogP contribution is -2.44. The van der Waals surface area contributed by atoms with E-state index >= 15 is 0 Å². The Morgan fingerprint density at radius 3 is 2.46 bits per heavy atom. The molecular weight excluding hydrogens is 444 g/mol. The highest BCUT2D eigenvalue weighted by Gasteiger charge is 2.49.